The number of rotatable bonds is 5. The number of piperidine rings is 1. The second-order valence-corrected chi connectivity index (χ2v) is 5.81. The van der Waals surface area contributed by atoms with E-state index in [0.29, 0.717) is 11.6 Å². The molecule has 1 aromatic heterocycles. The zero-order chi connectivity index (χ0) is 15.2. The Kier molecular flexibility index (Phi) is 5.51. The van der Waals surface area contributed by atoms with E-state index < -0.39 is 0 Å². The first-order chi connectivity index (χ1) is 10.2. The monoisotopic (exact) mass is 287 g/mol. The summed E-state index contributed by atoms with van der Waals surface area (Å²) >= 11 is 0. The number of aromatic nitrogens is 2. The molecule has 1 atom stereocenters. The van der Waals surface area contributed by atoms with Gasteiger partial charge in [0.25, 0.3) is 0 Å². The molecular formula is C16H25N5. The van der Waals surface area contributed by atoms with Crippen molar-refractivity contribution in [2.24, 2.45) is 0 Å². The average Bonchev–Trinajstić information content (AvgIpc) is 2.50. The lowest BCUT2D eigenvalue weighted by atomic mass is 10.0. The smallest absolute Gasteiger partial charge is 0.169 e. The molecule has 114 valence electrons. The standard InChI is InChI=1S/C16H25N5/c1-4-9-21(11-14-7-5-6-8-18-14)16-15(10-17)12(2)13(3)19-20-16/h14,18H,4-9,11H2,1-3H3. The molecule has 0 amide bonds. The summed E-state index contributed by atoms with van der Waals surface area (Å²) in [6.45, 7) is 8.91. The van der Waals surface area contributed by atoms with Crippen LogP contribution in [0.3, 0.4) is 0 Å². The van der Waals surface area contributed by atoms with Crippen molar-refractivity contribution in [3.05, 3.63) is 16.8 Å². The third kappa shape index (κ3) is 3.70. The fraction of sp³-hybridized carbons (Fsp3) is 0.688. The van der Waals surface area contributed by atoms with Gasteiger partial charge < -0.3 is 10.2 Å². The highest BCUT2D eigenvalue weighted by Gasteiger charge is 2.21. The minimum Gasteiger partial charge on any atom is -0.352 e. The zero-order valence-corrected chi connectivity index (χ0v) is 13.3. The fourth-order valence-electron chi connectivity index (χ4n) is 2.85. The maximum atomic E-state index is 9.49. The first-order valence-electron chi connectivity index (χ1n) is 7.89. The molecule has 1 fully saturated rings. The fourth-order valence-corrected chi connectivity index (χ4v) is 2.85. The highest BCUT2D eigenvalue weighted by atomic mass is 15.3. The normalized spacial score (nSPS) is 18.3. The number of anilines is 1. The largest absolute Gasteiger partial charge is 0.352 e. The molecule has 1 aromatic rings. The first-order valence-corrected chi connectivity index (χ1v) is 7.89. The Hall–Kier alpha value is -1.67. The number of nitriles is 1. The number of aryl methyl sites for hydroxylation is 1. The van der Waals surface area contributed by atoms with Crippen molar-refractivity contribution in [3.8, 4) is 6.07 Å². The van der Waals surface area contributed by atoms with Crippen molar-refractivity contribution >= 4 is 5.82 Å². The molecule has 2 heterocycles. The third-order valence-corrected chi connectivity index (χ3v) is 4.19. The minimum atomic E-state index is 0.486. The lowest BCUT2D eigenvalue weighted by Gasteiger charge is -2.31. The van der Waals surface area contributed by atoms with E-state index in [1.54, 1.807) is 0 Å². The summed E-state index contributed by atoms with van der Waals surface area (Å²) in [6.07, 6.45) is 4.77. The number of hydrogen-bond acceptors (Lipinski definition) is 5. The van der Waals surface area contributed by atoms with E-state index in [1.165, 1.54) is 19.3 Å². The van der Waals surface area contributed by atoms with Gasteiger partial charge in [0.05, 0.1) is 5.69 Å². The molecule has 5 nitrogen and oxygen atoms in total. The van der Waals surface area contributed by atoms with Crippen LogP contribution in [0.25, 0.3) is 0 Å². The van der Waals surface area contributed by atoms with Crippen LogP contribution in [0.15, 0.2) is 0 Å². The third-order valence-electron chi connectivity index (χ3n) is 4.19. The molecule has 2 rings (SSSR count). The predicted molar refractivity (Wildman–Crippen MR) is 84.4 cm³/mol. The van der Waals surface area contributed by atoms with Gasteiger partial charge in [0.15, 0.2) is 5.82 Å². The Morgan fingerprint density at radius 2 is 2.14 bits per heavy atom. The first kappa shape index (κ1) is 15.7. The molecule has 0 aliphatic carbocycles. The van der Waals surface area contributed by atoms with Gasteiger partial charge in [-0.25, -0.2) is 0 Å². The summed E-state index contributed by atoms with van der Waals surface area (Å²) in [4.78, 5) is 2.22. The molecule has 0 spiro atoms. The van der Waals surface area contributed by atoms with E-state index in [9.17, 15) is 5.26 Å². The lowest BCUT2D eigenvalue weighted by Crippen LogP contribution is -2.44. The van der Waals surface area contributed by atoms with Crippen molar-refractivity contribution in [1.29, 1.82) is 5.26 Å². The van der Waals surface area contributed by atoms with E-state index >= 15 is 0 Å². The summed E-state index contributed by atoms with van der Waals surface area (Å²) in [5.74, 6) is 0.745. The second-order valence-electron chi connectivity index (χ2n) is 5.81. The summed E-state index contributed by atoms with van der Waals surface area (Å²) < 4.78 is 0. The Morgan fingerprint density at radius 3 is 2.76 bits per heavy atom. The van der Waals surface area contributed by atoms with E-state index in [0.717, 1.165) is 43.1 Å². The van der Waals surface area contributed by atoms with Gasteiger partial charge in [0, 0.05) is 19.1 Å². The zero-order valence-electron chi connectivity index (χ0n) is 13.3. The van der Waals surface area contributed by atoms with E-state index in [4.69, 9.17) is 0 Å². The molecule has 0 saturated carbocycles. The maximum Gasteiger partial charge on any atom is 0.169 e. The minimum absolute atomic E-state index is 0.486. The van der Waals surface area contributed by atoms with Gasteiger partial charge in [-0.05, 0) is 45.2 Å². The summed E-state index contributed by atoms with van der Waals surface area (Å²) in [5, 5.41) is 21.6. The van der Waals surface area contributed by atoms with Crippen LogP contribution in [-0.2, 0) is 0 Å². The number of nitrogens with one attached hydrogen (secondary N) is 1. The van der Waals surface area contributed by atoms with Crippen molar-refractivity contribution in [2.45, 2.75) is 52.5 Å². The van der Waals surface area contributed by atoms with Crippen LogP contribution in [0.4, 0.5) is 5.82 Å². The van der Waals surface area contributed by atoms with Gasteiger partial charge in [-0.1, -0.05) is 13.3 Å². The second kappa shape index (κ2) is 7.37. The summed E-state index contributed by atoms with van der Waals surface area (Å²) in [5.41, 5.74) is 2.45. The Morgan fingerprint density at radius 1 is 1.33 bits per heavy atom. The van der Waals surface area contributed by atoms with Crippen molar-refractivity contribution < 1.29 is 0 Å². The Labute approximate surface area is 127 Å². The van der Waals surface area contributed by atoms with Gasteiger partial charge in [0.1, 0.15) is 11.6 Å². The highest BCUT2D eigenvalue weighted by molar-refractivity contribution is 5.57. The van der Waals surface area contributed by atoms with Crippen molar-refractivity contribution in [3.63, 3.8) is 0 Å². The number of nitrogens with zero attached hydrogens (tertiary/aromatic N) is 4. The molecule has 5 heteroatoms. The van der Waals surface area contributed by atoms with E-state index in [2.05, 4.69) is 33.4 Å². The Balaban J connectivity index is 2.25. The van der Waals surface area contributed by atoms with Crippen LogP contribution in [0.5, 0.6) is 0 Å². The van der Waals surface area contributed by atoms with Gasteiger partial charge in [0.2, 0.25) is 0 Å². The average molecular weight is 287 g/mol. The van der Waals surface area contributed by atoms with E-state index in [1.807, 2.05) is 13.8 Å². The van der Waals surface area contributed by atoms with Crippen LogP contribution < -0.4 is 10.2 Å². The van der Waals surface area contributed by atoms with Crippen LogP contribution >= 0.6 is 0 Å². The molecule has 1 aliphatic heterocycles. The molecule has 1 N–H and O–H groups in total. The number of hydrogen-bond donors (Lipinski definition) is 1. The lowest BCUT2D eigenvalue weighted by molar-refractivity contribution is 0.398. The van der Waals surface area contributed by atoms with Crippen molar-refractivity contribution in [1.82, 2.24) is 15.5 Å². The van der Waals surface area contributed by atoms with Gasteiger partial charge in [-0.15, -0.1) is 5.10 Å². The van der Waals surface area contributed by atoms with Crippen molar-refractivity contribution in [2.75, 3.05) is 24.5 Å². The summed E-state index contributed by atoms with van der Waals surface area (Å²) in [6, 6.07) is 2.80. The molecule has 0 bridgehead atoms. The highest BCUT2D eigenvalue weighted by Crippen LogP contribution is 2.22. The molecular weight excluding hydrogens is 262 g/mol. The molecule has 1 saturated heterocycles. The quantitative estimate of drug-likeness (QED) is 0.900. The van der Waals surface area contributed by atoms with Crippen LogP contribution in [-0.4, -0.2) is 35.9 Å². The molecule has 1 unspecified atom stereocenters. The molecule has 1 aliphatic rings. The van der Waals surface area contributed by atoms with Gasteiger partial charge in [-0.3, -0.25) is 0 Å². The molecule has 0 aromatic carbocycles. The maximum absolute atomic E-state index is 9.49. The summed E-state index contributed by atoms with van der Waals surface area (Å²) in [7, 11) is 0. The topological polar surface area (TPSA) is 64.8 Å². The SMILES string of the molecule is CCCN(CC1CCCCN1)c1nnc(C)c(C)c1C#N. The molecule has 0 radical (unpaired) electrons. The Bertz CT molecular complexity index is 514. The van der Waals surface area contributed by atoms with Crippen LogP contribution in [0, 0.1) is 25.2 Å². The molecule has 21 heavy (non-hydrogen) atoms. The van der Waals surface area contributed by atoms with Crippen LogP contribution in [0.1, 0.15) is 49.4 Å². The predicted octanol–water partition coefficient (Wildman–Crippen LogP) is 2.32. The van der Waals surface area contributed by atoms with Gasteiger partial charge in [-0.2, -0.15) is 10.4 Å². The van der Waals surface area contributed by atoms with Gasteiger partial charge >= 0.3 is 0 Å². The van der Waals surface area contributed by atoms with E-state index in [-0.39, 0.29) is 0 Å². The van der Waals surface area contributed by atoms with Crippen LogP contribution in [0.2, 0.25) is 0 Å².